The normalized spacial score (nSPS) is 15.1. The molecule has 1 unspecified atom stereocenters. The summed E-state index contributed by atoms with van der Waals surface area (Å²) in [6, 6.07) is 5.88. The fraction of sp³-hybridized carbons (Fsp3) is 0.538. The number of aliphatic hydroxyl groups is 1. The first kappa shape index (κ1) is 13.1. The van der Waals surface area contributed by atoms with Crippen LogP contribution in [0.1, 0.15) is 5.56 Å². The van der Waals surface area contributed by atoms with Gasteiger partial charge in [0.25, 0.3) is 0 Å². The summed E-state index contributed by atoms with van der Waals surface area (Å²) in [6.45, 7) is 2.25. The highest BCUT2D eigenvalue weighted by Gasteiger charge is 2.13. The molecule has 0 spiro atoms. The zero-order valence-electron chi connectivity index (χ0n) is 10.8. The fourth-order valence-electron chi connectivity index (χ4n) is 1.92. The summed E-state index contributed by atoms with van der Waals surface area (Å²) in [6.07, 6.45) is -0.353. The van der Waals surface area contributed by atoms with Crippen molar-refractivity contribution < 1.29 is 14.6 Å². The SMILES string of the molecule is CN(C)CC(O)CNCc1ccc2c(c1)OCO2. The number of rotatable bonds is 6. The molecule has 1 heterocycles. The minimum Gasteiger partial charge on any atom is -0.454 e. The van der Waals surface area contributed by atoms with Crippen LogP contribution in [0.3, 0.4) is 0 Å². The number of hydrogen-bond donors (Lipinski definition) is 2. The molecule has 0 radical (unpaired) electrons. The second-order valence-electron chi connectivity index (χ2n) is 4.73. The topological polar surface area (TPSA) is 54.0 Å². The van der Waals surface area contributed by atoms with E-state index in [9.17, 15) is 5.11 Å². The summed E-state index contributed by atoms with van der Waals surface area (Å²) in [7, 11) is 3.89. The Labute approximate surface area is 107 Å². The molecule has 0 bridgehead atoms. The molecule has 0 saturated heterocycles. The maximum absolute atomic E-state index is 9.70. The maximum atomic E-state index is 9.70. The van der Waals surface area contributed by atoms with E-state index in [1.54, 1.807) is 0 Å². The van der Waals surface area contributed by atoms with Crippen molar-refractivity contribution in [1.29, 1.82) is 0 Å². The lowest BCUT2D eigenvalue weighted by Gasteiger charge is -2.16. The van der Waals surface area contributed by atoms with Crippen molar-refractivity contribution in [2.75, 3.05) is 34.0 Å². The Kier molecular flexibility index (Phi) is 4.41. The summed E-state index contributed by atoms with van der Waals surface area (Å²) < 4.78 is 10.6. The van der Waals surface area contributed by atoms with Crippen molar-refractivity contribution in [2.24, 2.45) is 0 Å². The van der Waals surface area contributed by atoms with Gasteiger partial charge in [-0.2, -0.15) is 0 Å². The van der Waals surface area contributed by atoms with Crippen LogP contribution in [0, 0.1) is 0 Å². The quantitative estimate of drug-likeness (QED) is 0.769. The van der Waals surface area contributed by atoms with Crippen LogP contribution in [0.5, 0.6) is 11.5 Å². The zero-order valence-corrected chi connectivity index (χ0v) is 10.8. The Balaban J connectivity index is 1.77. The third-order valence-corrected chi connectivity index (χ3v) is 2.72. The molecule has 1 aromatic rings. The predicted molar refractivity (Wildman–Crippen MR) is 68.8 cm³/mol. The minimum absolute atomic E-state index is 0.299. The molecule has 2 N–H and O–H groups in total. The lowest BCUT2D eigenvalue weighted by molar-refractivity contribution is 0.134. The number of ether oxygens (including phenoxy) is 2. The average Bonchev–Trinajstić information content (AvgIpc) is 2.75. The zero-order chi connectivity index (χ0) is 13.0. The summed E-state index contributed by atoms with van der Waals surface area (Å²) in [5.41, 5.74) is 1.12. The van der Waals surface area contributed by atoms with E-state index in [1.165, 1.54) is 0 Å². The van der Waals surface area contributed by atoms with Crippen molar-refractivity contribution >= 4 is 0 Å². The van der Waals surface area contributed by atoms with E-state index < -0.39 is 0 Å². The first-order chi connectivity index (χ1) is 8.65. The molecule has 0 fully saturated rings. The molecule has 5 heteroatoms. The third-order valence-electron chi connectivity index (χ3n) is 2.72. The molecule has 2 rings (SSSR count). The average molecular weight is 252 g/mol. The first-order valence-corrected chi connectivity index (χ1v) is 6.07. The molecule has 1 atom stereocenters. The molecule has 100 valence electrons. The van der Waals surface area contributed by atoms with Crippen LogP contribution in [0.4, 0.5) is 0 Å². The number of likely N-dealkylation sites (N-methyl/N-ethyl adjacent to an activating group) is 1. The van der Waals surface area contributed by atoms with E-state index in [1.807, 2.05) is 37.2 Å². The summed E-state index contributed by atoms with van der Waals surface area (Å²) >= 11 is 0. The predicted octanol–water partition coefficient (Wildman–Crippen LogP) is 0.427. The van der Waals surface area contributed by atoms with Crippen LogP contribution in [-0.2, 0) is 6.54 Å². The van der Waals surface area contributed by atoms with Crippen molar-refractivity contribution in [3.05, 3.63) is 23.8 Å². The van der Waals surface area contributed by atoms with Gasteiger partial charge in [-0.25, -0.2) is 0 Å². The summed E-state index contributed by atoms with van der Waals surface area (Å²) in [5.74, 6) is 1.59. The number of hydrogen-bond acceptors (Lipinski definition) is 5. The van der Waals surface area contributed by atoms with Crippen LogP contribution in [0.15, 0.2) is 18.2 Å². The van der Waals surface area contributed by atoms with Crippen molar-refractivity contribution in [3.63, 3.8) is 0 Å². The van der Waals surface area contributed by atoms with Crippen molar-refractivity contribution in [2.45, 2.75) is 12.6 Å². The molecule has 1 aromatic carbocycles. The van der Waals surface area contributed by atoms with Crippen LogP contribution >= 0.6 is 0 Å². The highest BCUT2D eigenvalue weighted by atomic mass is 16.7. The molecule has 0 aromatic heterocycles. The molecule has 18 heavy (non-hydrogen) atoms. The molecule has 0 saturated carbocycles. The van der Waals surface area contributed by atoms with Gasteiger partial charge in [-0.1, -0.05) is 6.07 Å². The van der Waals surface area contributed by atoms with E-state index >= 15 is 0 Å². The van der Waals surface area contributed by atoms with Gasteiger partial charge in [0.2, 0.25) is 6.79 Å². The molecular formula is C13H20N2O3. The van der Waals surface area contributed by atoms with E-state index in [0.717, 1.165) is 17.1 Å². The summed E-state index contributed by atoms with van der Waals surface area (Å²) in [5, 5.41) is 12.9. The van der Waals surface area contributed by atoms with Gasteiger partial charge in [-0.15, -0.1) is 0 Å². The van der Waals surface area contributed by atoms with Crippen LogP contribution in [0.2, 0.25) is 0 Å². The van der Waals surface area contributed by atoms with Gasteiger partial charge in [-0.3, -0.25) is 0 Å². The van der Waals surface area contributed by atoms with Gasteiger partial charge in [0.05, 0.1) is 6.10 Å². The molecular weight excluding hydrogens is 232 g/mol. The minimum atomic E-state index is -0.353. The molecule has 1 aliphatic heterocycles. The first-order valence-electron chi connectivity index (χ1n) is 6.07. The summed E-state index contributed by atoms with van der Waals surface area (Å²) in [4.78, 5) is 1.97. The van der Waals surface area contributed by atoms with Gasteiger partial charge in [-0.05, 0) is 31.8 Å². The highest BCUT2D eigenvalue weighted by Crippen LogP contribution is 2.32. The smallest absolute Gasteiger partial charge is 0.231 e. The van der Waals surface area contributed by atoms with E-state index in [4.69, 9.17) is 9.47 Å². The van der Waals surface area contributed by atoms with Crippen molar-refractivity contribution in [3.8, 4) is 11.5 Å². The molecule has 0 amide bonds. The second-order valence-corrected chi connectivity index (χ2v) is 4.73. The van der Waals surface area contributed by atoms with Crippen molar-refractivity contribution in [1.82, 2.24) is 10.2 Å². The van der Waals surface area contributed by atoms with Gasteiger partial charge in [0.15, 0.2) is 11.5 Å². The Morgan fingerprint density at radius 2 is 2.11 bits per heavy atom. The van der Waals surface area contributed by atoms with Crippen LogP contribution < -0.4 is 14.8 Å². The highest BCUT2D eigenvalue weighted by molar-refractivity contribution is 5.44. The number of aliphatic hydroxyl groups excluding tert-OH is 1. The number of nitrogens with zero attached hydrogens (tertiary/aromatic N) is 1. The lowest BCUT2D eigenvalue weighted by atomic mass is 10.2. The Hall–Kier alpha value is -1.30. The second kappa shape index (κ2) is 6.04. The van der Waals surface area contributed by atoms with Gasteiger partial charge in [0.1, 0.15) is 0 Å². The van der Waals surface area contributed by atoms with E-state index in [-0.39, 0.29) is 6.10 Å². The van der Waals surface area contributed by atoms with Gasteiger partial charge >= 0.3 is 0 Å². The van der Waals surface area contributed by atoms with E-state index in [2.05, 4.69) is 5.32 Å². The van der Waals surface area contributed by atoms with Gasteiger partial charge < -0.3 is 24.8 Å². The number of nitrogens with one attached hydrogen (secondary N) is 1. The standard InChI is InChI=1S/C13H20N2O3/c1-15(2)8-11(16)7-14-6-10-3-4-12-13(5-10)18-9-17-12/h3-5,11,14,16H,6-9H2,1-2H3. The largest absolute Gasteiger partial charge is 0.454 e. The number of benzene rings is 1. The Bertz CT molecular complexity index is 396. The fourth-order valence-corrected chi connectivity index (χ4v) is 1.92. The molecule has 5 nitrogen and oxygen atoms in total. The lowest BCUT2D eigenvalue weighted by Crippen LogP contribution is -2.34. The van der Waals surface area contributed by atoms with Gasteiger partial charge in [0, 0.05) is 19.6 Å². The Morgan fingerprint density at radius 3 is 2.89 bits per heavy atom. The monoisotopic (exact) mass is 252 g/mol. The maximum Gasteiger partial charge on any atom is 0.231 e. The number of fused-ring (bicyclic) bond motifs is 1. The molecule has 0 aliphatic carbocycles. The van der Waals surface area contributed by atoms with Crippen LogP contribution in [0.25, 0.3) is 0 Å². The molecule has 1 aliphatic rings. The van der Waals surface area contributed by atoms with Crippen LogP contribution in [-0.4, -0.2) is 50.1 Å². The third kappa shape index (κ3) is 3.60. The van der Waals surface area contributed by atoms with E-state index in [0.29, 0.717) is 26.4 Å². The Morgan fingerprint density at radius 1 is 1.33 bits per heavy atom.